The molecule has 24 heavy (non-hydrogen) atoms. The van der Waals surface area contributed by atoms with Gasteiger partial charge in [-0.3, -0.25) is 4.79 Å². The maximum atomic E-state index is 13.2. The minimum Gasteiger partial charge on any atom is -0.342 e. The minimum absolute atomic E-state index is 0.0265. The molecule has 1 amide bonds. The summed E-state index contributed by atoms with van der Waals surface area (Å²) in [5.74, 6) is -3.32. The fourth-order valence-electron chi connectivity index (χ4n) is 2.54. The summed E-state index contributed by atoms with van der Waals surface area (Å²) in [6.07, 6.45) is 1.16. The van der Waals surface area contributed by atoms with Crippen LogP contribution >= 0.6 is 0 Å². The third-order valence-corrected chi connectivity index (χ3v) is 5.45. The SMILES string of the molecule is CC(=O)N1CCc2ccc(S(=O)(=O)NCC(F)(F)CN)cc2CC1. The van der Waals surface area contributed by atoms with E-state index in [1.165, 1.54) is 19.1 Å². The molecule has 0 aromatic heterocycles. The zero-order valence-electron chi connectivity index (χ0n) is 13.4. The third-order valence-electron chi connectivity index (χ3n) is 4.05. The van der Waals surface area contributed by atoms with E-state index in [0.717, 1.165) is 11.1 Å². The number of halogens is 2. The van der Waals surface area contributed by atoms with Gasteiger partial charge in [0.25, 0.3) is 5.92 Å². The summed E-state index contributed by atoms with van der Waals surface area (Å²) in [6.45, 7) is 0.606. The van der Waals surface area contributed by atoms with Gasteiger partial charge >= 0.3 is 0 Å². The van der Waals surface area contributed by atoms with Crippen LogP contribution in [0.25, 0.3) is 0 Å². The number of fused-ring (bicyclic) bond motifs is 1. The number of nitrogens with zero attached hydrogens (tertiary/aromatic N) is 1. The van der Waals surface area contributed by atoms with Crippen LogP contribution in [0.2, 0.25) is 0 Å². The second-order valence-electron chi connectivity index (χ2n) is 5.82. The van der Waals surface area contributed by atoms with Crippen molar-refractivity contribution in [2.24, 2.45) is 5.73 Å². The fourth-order valence-corrected chi connectivity index (χ4v) is 3.65. The van der Waals surface area contributed by atoms with Gasteiger partial charge < -0.3 is 10.6 Å². The molecule has 0 bridgehead atoms. The van der Waals surface area contributed by atoms with Crippen LogP contribution in [0.3, 0.4) is 0 Å². The summed E-state index contributed by atoms with van der Waals surface area (Å²) in [7, 11) is -4.04. The van der Waals surface area contributed by atoms with E-state index in [1.807, 2.05) is 4.72 Å². The molecule has 0 unspecified atom stereocenters. The van der Waals surface area contributed by atoms with Gasteiger partial charge in [-0.1, -0.05) is 6.07 Å². The molecular formula is C15H21F2N3O3S. The van der Waals surface area contributed by atoms with Crippen molar-refractivity contribution < 1.29 is 22.0 Å². The van der Waals surface area contributed by atoms with Gasteiger partial charge in [0, 0.05) is 20.0 Å². The van der Waals surface area contributed by atoms with Gasteiger partial charge in [-0.25, -0.2) is 21.9 Å². The van der Waals surface area contributed by atoms with Crippen molar-refractivity contribution in [3.8, 4) is 0 Å². The minimum atomic E-state index is -4.04. The topological polar surface area (TPSA) is 92.5 Å². The first kappa shape index (κ1) is 18.8. The van der Waals surface area contributed by atoms with Crippen LogP contribution in [-0.4, -0.2) is 51.3 Å². The monoisotopic (exact) mass is 361 g/mol. The van der Waals surface area contributed by atoms with Crippen molar-refractivity contribution >= 4 is 15.9 Å². The molecule has 1 heterocycles. The van der Waals surface area contributed by atoms with Gasteiger partial charge in [0.15, 0.2) is 0 Å². The first-order valence-corrected chi connectivity index (χ1v) is 9.08. The average molecular weight is 361 g/mol. The lowest BCUT2D eigenvalue weighted by molar-refractivity contribution is -0.128. The van der Waals surface area contributed by atoms with Crippen molar-refractivity contribution in [1.82, 2.24) is 9.62 Å². The summed E-state index contributed by atoms with van der Waals surface area (Å²) in [4.78, 5) is 13.1. The summed E-state index contributed by atoms with van der Waals surface area (Å²) < 4.78 is 52.6. The zero-order chi connectivity index (χ0) is 18.0. The first-order chi connectivity index (χ1) is 11.1. The van der Waals surface area contributed by atoms with Crippen molar-refractivity contribution in [3.05, 3.63) is 29.3 Å². The number of hydrogen-bond acceptors (Lipinski definition) is 4. The molecule has 1 aliphatic rings. The standard InChI is InChI=1S/C15H21F2N3O3S/c1-11(21)20-6-4-12-2-3-14(8-13(12)5-7-20)24(22,23)19-10-15(16,17)9-18/h2-3,8,19H,4-7,9-10,18H2,1H3. The van der Waals surface area contributed by atoms with Crippen LogP contribution in [-0.2, 0) is 27.7 Å². The van der Waals surface area contributed by atoms with Crippen molar-refractivity contribution in [2.75, 3.05) is 26.2 Å². The highest BCUT2D eigenvalue weighted by atomic mass is 32.2. The summed E-state index contributed by atoms with van der Waals surface area (Å²) in [5, 5.41) is 0. The number of carbonyl (C=O) groups excluding carboxylic acids is 1. The molecule has 0 spiro atoms. The molecule has 3 N–H and O–H groups in total. The number of nitrogens with two attached hydrogens (primary N) is 1. The van der Waals surface area contributed by atoms with Gasteiger partial charge in [0.05, 0.1) is 18.0 Å². The molecule has 2 rings (SSSR count). The quantitative estimate of drug-likeness (QED) is 0.799. The van der Waals surface area contributed by atoms with E-state index >= 15 is 0 Å². The Kier molecular flexibility index (Phi) is 5.56. The van der Waals surface area contributed by atoms with E-state index < -0.39 is 29.0 Å². The summed E-state index contributed by atoms with van der Waals surface area (Å²) in [6, 6.07) is 4.56. The van der Waals surface area contributed by atoms with Gasteiger partial charge in [0.2, 0.25) is 15.9 Å². The second kappa shape index (κ2) is 7.12. The van der Waals surface area contributed by atoms with E-state index in [9.17, 15) is 22.0 Å². The lowest BCUT2D eigenvalue weighted by Gasteiger charge is -2.17. The van der Waals surface area contributed by atoms with Crippen LogP contribution in [0.4, 0.5) is 8.78 Å². The Morgan fingerprint density at radius 2 is 1.92 bits per heavy atom. The Morgan fingerprint density at radius 3 is 2.50 bits per heavy atom. The predicted octanol–water partition coefficient (Wildman–Crippen LogP) is 0.506. The maximum absolute atomic E-state index is 13.2. The van der Waals surface area contributed by atoms with E-state index in [0.29, 0.717) is 25.9 Å². The lowest BCUT2D eigenvalue weighted by Crippen LogP contribution is -2.41. The Labute approximate surface area is 140 Å². The Hall–Kier alpha value is -1.58. The highest BCUT2D eigenvalue weighted by Gasteiger charge is 2.29. The van der Waals surface area contributed by atoms with Crippen LogP contribution in [0, 0.1) is 0 Å². The highest BCUT2D eigenvalue weighted by molar-refractivity contribution is 7.89. The van der Waals surface area contributed by atoms with E-state index in [4.69, 9.17) is 5.73 Å². The van der Waals surface area contributed by atoms with Crippen molar-refractivity contribution in [2.45, 2.75) is 30.6 Å². The van der Waals surface area contributed by atoms with Crippen LogP contribution in [0.15, 0.2) is 23.1 Å². The average Bonchev–Trinajstić information content (AvgIpc) is 2.75. The molecule has 1 aromatic carbocycles. The molecule has 0 fully saturated rings. The lowest BCUT2D eigenvalue weighted by atomic mass is 10.0. The normalized spacial score (nSPS) is 15.8. The Balaban J connectivity index is 2.18. The Morgan fingerprint density at radius 1 is 1.29 bits per heavy atom. The number of sulfonamides is 1. The molecule has 6 nitrogen and oxygen atoms in total. The molecule has 0 radical (unpaired) electrons. The van der Waals surface area contributed by atoms with E-state index in [-0.39, 0.29) is 10.8 Å². The number of amides is 1. The molecule has 1 aliphatic heterocycles. The third kappa shape index (κ3) is 4.49. The number of benzene rings is 1. The molecule has 0 aliphatic carbocycles. The summed E-state index contributed by atoms with van der Waals surface area (Å²) in [5.41, 5.74) is 6.68. The van der Waals surface area contributed by atoms with Crippen molar-refractivity contribution in [1.29, 1.82) is 0 Å². The number of alkyl halides is 2. The number of hydrogen-bond donors (Lipinski definition) is 2. The summed E-state index contributed by atoms with van der Waals surface area (Å²) >= 11 is 0. The second-order valence-corrected chi connectivity index (χ2v) is 7.59. The largest absolute Gasteiger partial charge is 0.342 e. The first-order valence-electron chi connectivity index (χ1n) is 7.59. The Bertz CT molecular complexity index is 723. The van der Waals surface area contributed by atoms with Gasteiger partial charge in [-0.15, -0.1) is 0 Å². The molecule has 1 aromatic rings. The highest BCUT2D eigenvalue weighted by Crippen LogP contribution is 2.21. The molecule has 9 heteroatoms. The van der Waals surface area contributed by atoms with Crippen LogP contribution in [0.5, 0.6) is 0 Å². The van der Waals surface area contributed by atoms with Crippen LogP contribution in [0.1, 0.15) is 18.1 Å². The number of nitrogens with one attached hydrogen (secondary N) is 1. The molecule has 0 atom stereocenters. The predicted molar refractivity (Wildman–Crippen MR) is 85.3 cm³/mol. The van der Waals surface area contributed by atoms with Gasteiger partial charge in [-0.05, 0) is 36.1 Å². The molecule has 134 valence electrons. The van der Waals surface area contributed by atoms with Crippen molar-refractivity contribution in [3.63, 3.8) is 0 Å². The smallest absolute Gasteiger partial charge is 0.273 e. The molecule has 0 saturated carbocycles. The zero-order valence-corrected chi connectivity index (χ0v) is 14.2. The van der Waals surface area contributed by atoms with Gasteiger partial charge in [0.1, 0.15) is 0 Å². The maximum Gasteiger partial charge on any atom is 0.273 e. The fraction of sp³-hybridized carbons (Fsp3) is 0.533. The van der Waals surface area contributed by atoms with E-state index in [1.54, 1.807) is 11.0 Å². The molecular weight excluding hydrogens is 340 g/mol. The number of rotatable bonds is 5. The number of carbonyl (C=O) groups is 1. The molecule has 0 saturated heterocycles. The van der Waals surface area contributed by atoms with E-state index in [2.05, 4.69) is 0 Å². The van der Waals surface area contributed by atoms with Crippen LogP contribution < -0.4 is 10.5 Å². The van der Waals surface area contributed by atoms with Gasteiger partial charge in [-0.2, -0.15) is 0 Å².